The third-order valence-corrected chi connectivity index (χ3v) is 3.67. The van der Waals surface area contributed by atoms with Crippen LogP contribution in [0.1, 0.15) is 20.8 Å². The Morgan fingerprint density at radius 1 is 1.37 bits per heavy atom. The average Bonchev–Trinajstić information content (AvgIpc) is 2.85. The lowest BCUT2D eigenvalue weighted by atomic mass is 10.1. The molecule has 1 aromatic heterocycles. The molecule has 19 heavy (non-hydrogen) atoms. The van der Waals surface area contributed by atoms with Gasteiger partial charge in [-0.25, -0.2) is 9.18 Å². The van der Waals surface area contributed by atoms with Crippen LogP contribution in [0.15, 0.2) is 35.7 Å². The van der Waals surface area contributed by atoms with E-state index in [1.165, 1.54) is 17.4 Å². The molecule has 0 spiro atoms. The summed E-state index contributed by atoms with van der Waals surface area (Å²) >= 11 is 1.41. The van der Waals surface area contributed by atoms with E-state index in [2.05, 4.69) is 5.32 Å². The number of carboxylic acid groups (broad SMARTS) is 1. The van der Waals surface area contributed by atoms with Gasteiger partial charge in [-0.3, -0.25) is 0 Å². The lowest BCUT2D eigenvalue weighted by Gasteiger charge is -2.04. The van der Waals surface area contributed by atoms with Crippen LogP contribution in [0.3, 0.4) is 0 Å². The van der Waals surface area contributed by atoms with E-state index in [0.29, 0.717) is 30.6 Å². The van der Waals surface area contributed by atoms with Gasteiger partial charge >= 0.3 is 5.97 Å². The van der Waals surface area contributed by atoms with Crippen molar-refractivity contribution in [2.24, 2.45) is 0 Å². The number of aromatic carboxylic acids is 1. The van der Waals surface area contributed by atoms with Crippen LogP contribution in [-0.4, -0.2) is 17.6 Å². The summed E-state index contributed by atoms with van der Waals surface area (Å²) in [6, 6.07) is 8.36. The first-order chi connectivity index (χ1) is 9.16. The summed E-state index contributed by atoms with van der Waals surface area (Å²) in [6.45, 7) is 1.26. The highest BCUT2D eigenvalue weighted by Gasteiger charge is 2.06. The number of benzene rings is 1. The molecule has 2 aromatic rings. The average molecular weight is 279 g/mol. The van der Waals surface area contributed by atoms with Gasteiger partial charge in [0.15, 0.2) is 0 Å². The molecule has 1 heterocycles. The highest BCUT2D eigenvalue weighted by atomic mass is 32.1. The van der Waals surface area contributed by atoms with Gasteiger partial charge in [0.25, 0.3) is 0 Å². The Labute approximate surface area is 114 Å². The highest BCUT2D eigenvalue weighted by molar-refractivity contribution is 7.10. The summed E-state index contributed by atoms with van der Waals surface area (Å²) in [6.07, 6.45) is 0.615. The summed E-state index contributed by atoms with van der Waals surface area (Å²) in [7, 11) is 0. The number of halogens is 1. The van der Waals surface area contributed by atoms with Crippen LogP contribution in [0, 0.1) is 5.82 Å². The van der Waals surface area contributed by atoms with Crippen LogP contribution in [0.2, 0.25) is 0 Å². The third kappa shape index (κ3) is 3.87. The van der Waals surface area contributed by atoms with E-state index in [4.69, 9.17) is 5.11 Å². The number of hydrogen-bond donors (Lipinski definition) is 2. The van der Waals surface area contributed by atoms with Gasteiger partial charge in [0.2, 0.25) is 0 Å². The van der Waals surface area contributed by atoms with E-state index in [0.717, 1.165) is 4.88 Å². The molecule has 3 nitrogen and oxygen atoms in total. The van der Waals surface area contributed by atoms with Crippen molar-refractivity contribution < 1.29 is 14.3 Å². The predicted octanol–water partition coefficient (Wildman–Crippen LogP) is 2.92. The van der Waals surface area contributed by atoms with E-state index < -0.39 is 5.97 Å². The van der Waals surface area contributed by atoms with E-state index in [1.54, 1.807) is 23.6 Å². The van der Waals surface area contributed by atoms with Crippen LogP contribution >= 0.6 is 11.3 Å². The summed E-state index contributed by atoms with van der Waals surface area (Å²) in [5, 5.41) is 13.6. The standard InChI is InChI=1S/C14H14FNO2S/c15-13-4-2-1-3-10(13)5-6-16-8-12-7-11(9-19-12)14(17)18/h1-4,7,9,16H,5-6,8H2,(H,17,18). The van der Waals surface area contributed by atoms with Crippen molar-refractivity contribution in [2.75, 3.05) is 6.54 Å². The molecule has 2 rings (SSSR count). The van der Waals surface area contributed by atoms with Gasteiger partial charge in [-0.2, -0.15) is 0 Å². The first-order valence-electron chi connectivity index (χ1n) is 5.91. The van der Waals surface area contributed by atoms with Gasteiger partial charge in [0.1, 0.15) is 5.82 Å². The van der Waals surface area contributed by atoms with Crippen LogP contribution < -0.4 is 5.32 Å². The Morgan fingerprint density at radius 2 is 2.16 bits per heavy atom. The maximum atomic E-state index is 13.3. The zero-order chi connectivity index (χ0) is 13.7. The van der Waals surface area contributed by atoms with Crippen molar-refractivity contribution in [3.63, 3.8) is 0 Å². The Kier molecular flexibility index (Phi) is 4.65. The van der Waals surface area contributed by atoms with Gasteiger partial charge in [-0.1, -0.05) is 18.2 Å². The molecule has 5 heteroatoms. The topological polar surface area (TPSA) is 49.3 Å². The van der Waals surface area contributed by atoms with Crippen molar-refractivity contribution in [3.05, 3.63) is 57.5 Å². The van der Waals surface area contributed by atoms with Crippen molar-refractivity contribution in [1.82, 2.24) is 5.32 Å². The second kappa shape index (κ2) is 6.45. The molecular weight excluding hydrogens is 265 g/mol. The highest BCUT2D eigenvalue weighted by Crippen LogP contribution is 2.14. The maximum Gasteiger partial charge on any atom is 0.336 e. The zero-order valence-electron chi connectivity index (χ0n) is 10.2. The minimum Gasteiger partial charge on any atom is -0.478 e. The van der Waals surface area contributed by atoms with Gasteiger partial charge < -0.3 is 10.4 Å². The van der Waals surface area contributed by atoms with Crippen molar-refractivity contribution >= 4 is 17.3 Å². The number of rotatable bonds is 6. The molecule has 0 radical (unpaired) electrons. The minimum absolute atomic E-state index is 0.186. The zero-order valence-corrected chi connectivity index (χ0v) is 11.0. The van der Waals surface area contributed by atoms with E-state index >= 15 is 0 Å². The Bertz CT molecular complexity index is 568. The number of carbonyl (C=O) groups is 1. The summed E-state index contributed by atoms with van der Waals surface area (Å²) < 4.78 is 13.3. The van der Waals surface area contributed by atoms with Gasteiger partial charge in [0, 0.05) is 16.8 Å². The molecule has 1 aromatic carbocycles. The Morgan fingerprint density at radius 3 is 2.84 bits per heavy atom. The summed E-state index contributed by atoms with van der Waals surface area (Å²) in [5.41, 5.74) is 1.00. The second-order valence-electron chi connectivity index (χ2n) is 4.13. The summed E-state index contributed by atoms with van der Waals surface area (Å²) in [4.78, 5) is 11.7. The van der Waals surface area contributed by atoms with Crippen molar-refractivity contribution in [3.8, 4) is 0 Å². The molecule has 0 atom stereocenters. The Hall–Kier alpha value is -1.72. The third-order valence-electron chi connectivity index (χ3n) is 2.73. The number of carboxylic acids is 1. The Balaban J connectivity index is 1.77. The smallest absolute Gasteiger partial charge is 0.336 e. The maximum absolute atomic E-state index is 13.3. The fraction of sp³-hybridized carbons (Fsp3) is 0.214. The normalized spacial score (nSPS) is 10.6. The largest absolute Gasteiger partial charge is 0.478 e. The monoisotopic (exact) mass is 279 g/mol. The SMILES string of the molecule is O=C(O)c1csc(CNCCc2ccccc2F)c1. The molecular formula is C14H14FNO2S. The van der Waals surface area contributed by atoms with E-state index in [9.17, 15) is 9.18 Å². The number of thiophene rings is 1. The lowest BCUT2D eigenvalue weighted by Crippen LogP contribution is -2.16. The number of hydrogen-bond acceptors (Lipinski definition) is 3. The molecule has 0 fully saturated rings. The molecule has 0 saturated carbocycles. The summed E-state index contributed by atoms with van der Waals surface area (Å²) in [5.74, 6) is -1.09. The molecule has 0 aliphatic rings. The molecule has 2 N–H and O–H groups in total. The fourth-order valence-electron chi connectivity index (χ4n) is 1.72. The van der Waals surface area contributed by atoms with Crippen LogP contribution in [-0.2, 0) is 13.0 Å². The molecule has 0 saturated heterocycles. The van der Waals surface area contributed by atoms with Crippen LogP contribution in [0.4, 0.5) is 4.39 Å². The van der Waals surface area contributed by atoms with Gasteiger partial charge in [-0.15, -0.1) is 11.3 Å². The molecule has 0 aliphatic carbocycles. The first-order valence-corrected chi connectivity index (χ1v) is 6.79. The molecule has 0 unspecified atom stereocenters. The van der Waals surface area contributed by atoms with Crippen LogP contribution in [0.5, 0.6) is 0 Å². The molecule has 100 valence electrons. The van der Waals surface area contributed by atoms with Gasteiger partial charge in [0.05, 0.1) is 5.56 Å². The quantitative estimate of drug-likeness (QED) is 0.799. The lowest BCUT2D eigenvalue weighted by molar-refractivity contribution is 0.0697. The van der Waals surface area contributed by atoms with Gasteiger partial charge in [-0.05, 0) is 30.7 Å². The molecule has 0 aliphatic heterocycles. The van der Waals surface area contributed by atoms with Crippen LogP contribution in [0.25, 0.3) is 0 Å². The molecule has 0 bridgehead atoms. The van der Waals surface area contributed by atoms with E-state index in [-0.39, 0.29) is 5.82 Å². The molecule has 0 amide bonds. The van der Waals surface area contributed by atoms with Crippen molar-refractivity contribution in [2.45, 2.75) is 13.0 Å². The predicted molar refractivity (Wildman–Crippen MR) is 73.1 cm³/mol. The second-order valence-corrected chi connectivity index (χ2v) is 5.12. The van der Waals surface area contributed by atoms with E-state index in [1.807, 2.05) is 6.07 Å². The first kappa shape index (κ1) is 13.7. The number of nitrogens with one attached hydrogen (secondary N) is 1. The minimum atomic E-state index is -0.908. The van der Waals surface area contributed by atoms with Crippen molar-refractivity contribution in [1.29, 1.82) is 0 Å². The fourth-order valence-corrected chi connectivity index (χ4v) is 2.55.